The Kier molecular flexibility index (Phi) is 8.98. The van der Waals surface area contributed by atoms with Gasteiger partial charge in [-0.05, 0) is 55.7 Å². The first-order chi connectivity index (χ1) is 10.6. The molecule has 0 spiro atoms. The molecule has 0 fully saturated rings. The minimum absolute atomic E-state index is 0.311. The van der Waals surface area contributed by atoms with Gasteiger partial charge in [-0.1, -0.05) is 33.8 Å². The molecule has 2 atom stereocenters. The van der Waals surface area contributed by atoms with Crippen molar-refractivity contribution in [3.63, 3.8) is 0 Å². The lowest BCUT2D eigenvalue weighted by atomic mass is 9.93. The Labute approximate surface area is 136 Å². The molecule has 3 nitrogen and oxygen atoms in total. The zero-order chi connectivity index (χ0) is 16.4. The molecule has 0 aliphatic carbocycles. The van der Waals surface area contributed by atoms with Gasteiger partial charge < -0.3 is 15.2 Å². The molecule has 0 aliphatic rings. The van der Waals surface area contributed by atoms with Crippen molar-refractivity contribution < 1.29 is 9.47 Å². The predicted octanol–water partition coefficient (Wildman–Crippen LogP) is 4.89. The summed E-state index contributed by atoms with van der Waals surface area (Å²) in [5.74, 6) is 2.22. The Morgan fingerprint density at radius 3 is 2.18 bits per heavy atom. The van der Waals surface area contributed by atoms with Crippen molar-refractivity contribution in [2.45, 2.75) is 71.8 Å². The van der Waals surface area contributed by atoms with Crippen LogP contribution in [0.4, 0.5) is 0 Å². The Bertz CT molecular complexity index is 420. The van der Waals surface area contributed by atoms with Crippen LogP contribution in [0.1, 0.15) is 71.3 Å². The fourth-order valence-corrected chi connectivity index (χ4v) is 2.32. The number of hydrogen-bond acceptors (Lipinski definition) is 3. The molecule has 2 N–H and O–H groups in total. The van der Waals surface area contributed by atoms with Gasteiger partial charge in [0.1, 0.15) is 0 Å². The van der Waals surface area contributed by atoms with E-state index in [1.165, 1.54) is 5.56 Å². The molecule has 0 radical (unpaired) electrons. The van der Waals surface area contributed by atoms with Crippen molar-refractivity contribution >= 4 is 0 Å². The van der Waals surface area contributed by atoms with E-state index in [4.69, 9.17) is 15.2 Å². The second-order valence-corrected chi connectivity index (χ2v) is 6.05. The summed E-state index contributed by atoms with van der Waals surface area (Å²) in [5.41, 5.74) is 7.33. The second-order valence-electron chi connectivity index (χ2n) is 6.05. The molecule has 0 saturated carbocycles. The molecule has 0 bridgehead atoms. The topological polar surface area (TPSA) is 44.5 Å². The van der Waals surface area contributed by atoms with Gasteiger partial charge in [-0.3, -0.25) is 0 Å². The van der Waals surface area contributed by atoms with E-state index >= 15 is 0 Å². The second kappa shape index (κ2) is 10.5. The van der Waals surface area contributed by atoms with Crippen LogP contribution in [-0.4, -0.2) is 19.3 Å². The Hall–Kier alpha value is -1.22. The first-order valence-electron chi connectivity index (χ1n) is 8.77. The van der Waals surface area contributed by atoms with Crippen molar-refractivity contribution in [1.82, 2.24) is 0 Å². The minimum Gasteiger partial charge on any atom is -0.490 e. The molecule has 0 saturated heterocycles. The number of ether oxygens (including phenoxy) is 2. The first kappa shape index (κ1) is 18.8. The number of benzene rings is 1. The van der Waals surface area contributed by atoms with Gasteiger partial charge in [0, 0.05) is 6.04 Å². The first-order valence-corrected chi connectivity index (χ1v) is 8.77. The molecule has 22 heavy (non-hydrogen) atoms. The SMILES string of the molecule is CCCOc1ccc(C(C)CCC(N)CC)cc1OCCC. The Morgan fingerprint density at radius 2 is 1.59 bits per heavy atom. The van der Waals surface area contributed by atoms with Gasteiger partial charge in [-0.25, -0.2) is 0 Å². The van der Waals surface area contributed by atoms with Crippen LogP contribution in [0.2, 0.25) is 0 Å². The summed E-state index contributed by atoms with van der Waals surface area (Å²) in [6, 6.07) is 6.66. The summed E-state index contributed by atoms with van der Waals surface area (Å²) in [6.07, 6.45) is 5.22. The lowest BCUT2D eigenvalue weighted by Gasteiger charge is -2.18. The van der Waals surface area contributed by atoms with Gasteiger partial charge in [-0.15, -0.1) is 0 Å². The summed E-state index contributed by atoms with van der Waals surface area (Å²) in [4.78, 5) is 0. The van der Waals surface area contributed by atoms with E-state index in [0.717, 1.165) is 56.8 Å². The average molecular weight is 307 g/mol. The van der Waals surface area contributed by atoms with E-state index in [2.05, 4.69) is 39.8 Å². The molecule has 0 aromatic heterocycles. The zero-order valence-corrected chi connectivity index (χ0v) is 14.7. The molecule has 1 rings (SSSR count). The molecule has 0 amide bonds. The van der Waals surface area contributed by atoms with Crippen LogP contribution in [0, 0.1) is 0 Å². The third-order valence-electron chi connectivity index (χ3n) is 3.96. The highest BCUT2D eigenvalue weighted by atomic mass is 16.5. The third kappa shape index (κ3) is 6.27. The summed E-state index contributed by atoms with van der Waals surface area (Å²) in [7, 11) is 0. The van der Waals surface area contributed by atoms with Crippen molar-refractivity contribution in [2.75, 3.05) is 13.2 Å². The van der Waals surface area contributed by atoms with Crippen molar-refractivity contribution in [3.05, 3.63) is 23.8 Å². The van der Waals surface area contributed by atoms with Gasteiger partial charge in [0.15, 0.2) is 11.5 Å². The standard InChI is InChI=1S/C19H33NO2/c1-5-12-21-18-11-9-16(14-19(18)22-13-6-2)15(4)8-10-17(20)7-3/h9,11,14-15,17H,5-8,10,12-13,20H2,1-4H3. The predicted molar refractivity (Wildman–Crippen MR) is 93.9 cm³/mol. The van der Waals surface area contributed by atoms with Crippen molar-refractivity contribution in [2.24, 2.45) is 5.73 Å². The Morgan fingerprint density at radius 1 is 0.955 bits per heavy atom. The van der Waals surface area contributed by atoms with E-state index in [0.29, 0.717) is 12.0 Å². The summed E-state index contributed by atoms with van der Waals surface area (Å²) in [5, 5.41) is 0. The number of hydrogen-bond donors (Lipinski definition) is 1. The largest absolute Gasteiger partial charge is 0.490 e. The Balaban J connectivity index is 2.77. The maximum Gasteiger partial charge on any atom is 0.161 e. The molecule has 1 aromatic rings. The smallest absolute Gasteiger partial charge is 0.161 e. The van der Waals surface area contributed by atoms with E-state index in [1.807, 2.05) is 6.07 Å². The molecular formula is C19H33NO2. The maximum atomic E-state index is 6.03. The van der Waals surface area contributed by atoms with Crippen LogP contribution in [0.3, 0.4) is 0 Å². The number of nitrogens with two attached hydrogens (primary N) is 1. The summed E-state index contributed by atoms with van der Waals surface area (Å²) >= 11 is 0. The minimum atomic E-state index is 0.311. The molecule has 1 aromatic carbocycles. The van der Waals surface area contributed by atoms with Crippen LogP contribution < -0.4 is 15.2 Å². The maximum absolute atomic E-state index is 6.03. The molecule has 126 valence electrons. The van der Waals surface area contributed by atoms with Crippen molar-refractivity contribution in [1.29, 1.82) is 0 Å². The van der Waals surface area contributed by atoms with Gasteiger partial charge in [-0.2, -0.15) is 0 Å². The van der Waals surface area contributed by atoms with E-state index in [1.54, 1.807) is 0 Å². The summed E-state index contributed by atoms with van der Waals surface area (Å²) < 4.78 is 11.7. The average Bonchev–Trinajstić information content (AvgIpc) is 2.55. The fourth-order valence-electron chi connectivity index (χ4n) is 2.32. The van der Waals surface area contributed by atoms with E-state index < -0.39 is 0 Å². The third-order valence-corrected chi connectivity index (χ3v) is 3.96. The number of rotatable bonds is 11. The van der Waals surface area contributed by atoms with Crippen LogP contribution in [0.15, 0.2) is 18.2 Å². The molecule has 3 heteroatoms. The van der Waals surface area contributed by atoms with Gasteiger partial charge in [0.2, 0.25) is 0 Å². The van der Waals surface area contributed by atoms with Gasteiger partial charge >= 0.3 is 0 Å². The summed E-state index contributed by atoms with van der Waals surface area (Å²) in [6.45, 7) is 10.1. The lowest BCUT2D eigenvalue weighted by Crippen LogP contribution is -2.18. The fraction of sp³-hybridized carbons (Fsp3) is 0.684. The van der Waals surface area contributed by atoms with Gasteiger partial charge in [0.05, 0.1) is 13.2 Å². The highest BCUT2D eigenvalue weighted by Gasteiger charge is 2.12. The van der Waals surface area contributed by atoms with Crippen molar-refractivity contribution in [3.8, 4) is 11.5 Å². The molecular weight excluding hydrogens is 274 g/mol. The van der Waals surface area contributed by atoms with E-state index in [-0.39, 0.29) is 0 Å². The lowest BCUT2D eigenvalue weighted by molar-refractivity contribution is 0.268. The van der Waals surface area contributed by atoms with E-state index in [9.17, 15) is 0 Å². The highest BCUT2D eigenvalue weighted by Crippen LogP contribution is 2.33. The molecule has 0 aliphatic heterocycles. The molecule has 0 heterocycles. The van der Waals surface area contributed by atoms with Crippen LogP contribution in [-0.2, 0) is 0 Å². The quantitative estimate of drug-likeness (QED) is 0.633. The van der Waals surface area contributed by atoms with Crippen LogP contribution in [0.5, 0.6) is 11.5 Å². The molecule has 2 unspecified atom stereocenters. The monoisotopic (exact) mass is 307 g/mol. The van der Waals surface area contributed by atoms with Crippen LogP contribution >= 0.6 is 0 Å². The highest BCUT2D eigenvalue weighted by molar-refractivity contribution is 5.44. The zero-order valence-electron chi connectivity index (χ0n) is 14.7. The van der Waals surface area contributed by atoms with Gasteiger partial charge in [0.25, 0.3) is 0 Å². The van der Waals surface area contributed by atoms with Crippen LogP contribution in [0.25, 0.3) is 0 Å². The normalized spacial score (nSPS) is 13.7.